The fourth-order valence-corrected chi connectivity index (χ4v) is 2.86. The molecule has 1 unspecified atom stereocenters. The number of carbonyl (C=O) groups excluding carboxylic acids is 2. The quantitative estimate of drug-likeness (QED) is 0.821. The lowest BCUT2D eigenvalue weighted by Crippen LogP contribution is -2.42. The summed E-state index contributed by atoms with van der Waals surface area (Å²) in [6.45, 7) is 0. The summed E-state index contributed by atoms with van der Waals surface area (Å²) in [5.74, 6) is -1.89. The van der Waals surface area contributed by atoms with Crippen molar-refractivity contribution in [2.45, 2.75) is 51.0 Å². The Balaban J connectivity index is 1.85. The molecule has 1 aromatic carbocycles. The summed E-state index contributed by atoms with van der Waals surface area (Å²) in [7, 11) is 0. The molecular formula is C18H22N2O2. The standard InChI is InChI=1S/C18H22N2O2/c19-13-16(18(22)20-15-9-5-2-6-10-15)17(21)12-11-14-7-3-1-4-8-14/h1,3-4,7-8,15-16H,2,5-6,9-12H2,(H,20,22). The zero-order valence-corrected chi connectivity index (χ0v) is 12.8. The second kappa shape index (κ2) is 8.33. The van der Waals surface area contributed by atoms with Crippen molar-refractivity contribution in [1.29, 1.82) is 5.26 Å². The largest absolute Gasteiger partial charge is 0.352 e. The molecule has 1 fully saturated rings. The molecule has 4 heteroatoms. The van der Waals surface area contributed by atoms with Gasteiger partial charge in [0.1, 0.15) is 0 Å². The van der Waals surface area contributed by atoms with Crippen LogP contribution in [0.3, 0.4) is 0 Å². The maximum absolute atomic E-state index is 12.1. The highest BCUT2D eigenvalue weighted by Gasteiger charge is 2.28. The van der Waals surface area contributed by atoms with Crippen molar-refractivity contribution in [3.05, 3.63) is 35.9 Å². The number of benzene rings is 1. The number of hydrogen-bond donors (Lipinski definition) is 1. The minimum atomic E-state index is -1.18. The van der Waals surface area contributed by atoms with Crippen molar-refractivity contribution >= 4 is 11.7 Å². The molecule has 1 aliphatic carbocycles. The normalized spacial score (nSPS) is 16.5. The monoisotopic (exact) mass is 298 g/mol. The van der Waals surface area contributed by atoms with Crippen molar-refractivity contribution in [3.63, 3.8) is 0 Å². The number of ketones is 1. The molecule has 1 aromatic rings. The first-order valence-corrected chi connectivity index (χ1v) is 7.97. The van der Waals surface area contributed by atoms with E-state index >= 15 is 0 Å². The maximum atomic E-state index is 12.1. The molecule has 22 heavy (non-hydrogen) atoms. The lowest BCUT2D eigenvalue weighted by atomic mass is 9.93. The van der Waals surface area contributed by atoms with Gasteiger partial charge in [0.2, 0.25) is 5.91 Å². The summed E-state index contributed by atoms with van der Waals surface area (Å²) in [6.07, 6.45) is 6.08. The van der Waals surface area contributed by atoms with Crippen LogP contribution in [0, 0.1) is 17.2 Å². The summed E-state index contributed by atoms with van der Waals surface area (Å²) >= 11 is 0. The molecule has 1 saturated carbocycles. The number of nitriles is 1. The number of nitrogens with zero attached hydrogens (tertiary/aromatic N) is 1. The Bertz CT molecular complexity index is 542. The Morgan fingerprint density at radius 1 is 1.18 bits per heavy atom. The Labute approximate surface area is 131 Å². The van der Waals surface area contributed by atoms with Gasteiger partial charge in [0.15, 0.2) is 11.7 Å². The van der Waals surface area contributed by atoms with Gasteiger partial charge in [0.25, 0.3) is 0 Å². The van der Waals surface area contributed by atoms with Crippen LogP contribution >= 0.6 is 0 Å². The molecule has 0 saturated heterocycles. The third-order valence-electron chi connectivity index (χ3n) is 4.17. The van der Waals surface area contributed by atoms with Crippen LogP contribution in [0.25, 0.3) is 0 Å². The molecular weight excluding hydrogens is 276 g/mol. The van der Waals surface area contributed by atoms with Crippen molar-refractivity contribution < 1.29 is 9.59 Å². The molecule has 0 aromatic heterocycles. The maximum Gasteiger partial charge on any atom is 0.245 e. The van der Waals surface area contributed by atoms with Crippen molar-refractivity contribution in [2.75, 3.05) is 0 Å². The van der Waals surface area contributed by atoms with Gasteiger partial charge in [-0.25, -0.2) is 0 Å². The first kappa shape index (κ1) is 16.2. The van der Waals surface area contributed by atoms with Crippen LogP contribution in [0.1, 0.15) is 44.1 Å². The third kappa shape index (κ3) is 4.70. The molecule has 4 nitrogen and oxygen atoms in total. The smallest absolute Gasteiger partial charge is 0.245 e. The van der Waals surface area contributed by atoms with E-state index in [2.05, 4.69) is 5.32 Å². The highest BCUT2D eigenvalue weighted by molar-refractivity contribution is 6.04. The number of hydrogen-bond acceptors (Lipinski definition) is 3. The van der Waals surface area contributed by atoms with Crippen LogP contribution in [-0.2, 0) is 16.0 Å². The Morgan fingerprint density at radius 3 is 2.50 bits per heavy atom. The molecule has 1 atom stereocenters. The van der Waals surface area contributed by atoms with E-state index in [-0.39, 0.29) is 18.2 Å². The fourth-order valence-electron chi connectivity index (χ4n) is 2.86. The van der Waals surface area contributed by atoms with E-state index in [0.717, 1.165) is 31.2 Å². The molecule has 1 amide bonds. The van der Waals surface area contributed by atoms with Crippen LogP contribution in [0.15, 0.2) is 30.3 Å². The highest BCUT2D eigenvalue weighted by Crippen LogP contribution is 2.18. The summed E-state index contributed by atoms with van der Waals surface area (Å²) in [4.78, 5) is 24.3. The van der Waals surface area contributed by atoms with E-state index in [1.54, 1.807) is 0 Å². The van der Waals surface area contributed by atoms with Gasteiger partial charge in [0, 0.05) is 12.5 Å². The average molecular weight is 298 g/mol. The number of nitrogens with one attached hydrogen (secondary N) is 1. The molecule has 1 aliphatic rings. The number of amides is 1. The summed E-state index contributed by atoms with van der Waals surface area (Å²) in [5.41, 5.74) is 1.04. The minimum Gasteiger partial charge on any atom is -0.352 e. The van der Waals surface area contributed by atoms with Gasteiger partial charge in [-0.05, 0) is 24.8 Å². The number of rotatable bonds is 6. The van der Waals surface area contributed by atoms with E-state index in [4.69, 9.17) is 5.26 Å². The molecule has 0 bridgehead atoms. The second-order valence-corrected chi connectivity index (χ2v) is 5.86. The van der Waals surface area contributed by atoms with Crippen LogP contribution in [0.2, 0.25) is 0 Å². The van der Waals surface area contributed by atoms with Crippen LogP contribution in [0.4, 0.5) is 0 Å². The SMILES string of the molecule is N#CC(C(=O)CCc1ccccc1)C(=O)NC1CCCCC1. The Hall–Kier alpha value is -2.15. The Morgan fingerprint density at radius 2 is 1.86 bits per heavy atom. The lowest BCUT2D eigenvalue weighted by molar-refractivity contribution is -0.132. The molecule has 0 aliphatic heterocycles. The van der Waals surface area contributed by atoms with Gasteiger partial charge in [-0.15, -0.1) is 0 Å². The number of aryl methyl sites for hydroxylation is 1. The second-order valence-electron chi connectivity index (χ2n) is 5.86. The van der Waals surface area contributed by atoms with Crippen molar-refractivity contribution in [2.24, 2.45) is 5.92 Å². The predicted octanol–water partition coefficient (Wildman–Crippen LogP) is 2.78. The molecule has 116 valence electrons. The van der Waals surface area contributed by atoms with Crippen LogP contribution in [-0.4, -0.2) is 17.7 Å². The van der Waals surface area contributed by atoms with E-state index in [9.17, 15) is 9.59 Å². The third-order valence-corrected chi connectivity index (χ3v) is 4.17. The molecule has 1 N–H and O–H groups in total. The van der Waals surface area contributed by atoms with Crippen molar-refractivity contribution in [1.82, 2.24) is 5.32 Å². The van der Waals surface area contributed by atoms with Gasteiger partial charge in [-0.3, -0.25) is 9.59 Å². The van der Waals surface area contributed by atoms with Gasteiger partial charge < -0.3 is 5.32 Å². The molecule has 0 radical (unpaired) electrons. The first-order chi connectivity index (χ1) is 10.7. The van der Waals surface area contributed by atoms with E-state index in [1.165, 1.54) is 6.42 Å². The molecule has 0 spiro atoms. The fraction of sp³-hybridized carbons (Fsp3) is 0.500. The first-order valence-electron chi connectivity index (χ1n) is 7.97. The van der Waals surface area contributed by atoms with E-state index < -0.39 is 11.8 Å². The Kier molecular flexibility index (Phi) is 6.14. The summed E-state index contributed by atoms with van der Waals surface area (Å²) in [6, 6.07) is 11.6. The molecule has 2 rings (SSSR count). The number of Topliss-reactive ketones (excluding diaryl/α,β-unsaturated/α-hetero) is 1. The zero-order valence-electron chi connectivity index (χ0n) is 12.8. The summed E-state index contributed by atoms with van der Waals surface area (Å²) < 4.78 is 0. The average Bonchev–Trinajstić information content (AvgIpc) is 2.55. The minimum absolute atomic E-state index is 0.124. The topological polar surface area (TPSA) is 70.0 Å². The number of carbonyl (C=O) groups is 2. The van der Waals surface area contributed by atoms with E-state index in [0.29, 0.717) is 6.42 Å². The van der Waals surface area contributed by atoms with Crippen molar-refractivity contribution in [3.8, 4) is 6.07 Å². The lowest BCUT2D eigenvalue weighted by Gasteiger charge is -2.23. The van der Waals surface area contributed by atoms with Crippen LogP contribution in [0.5, 0.6) is 0 Å². The predicted molar refractivity (Wildman–Crippen MR) is 83.9 cm³/mol. The van der Waals surface area contributed by atoms with Crippen LogP contribution < -0.4 is 5.32 Å². The van der Waals surface area contributed by atoms with E-state index in [1.807, 2.05) is 36.4 Å². The van der Waals surface area contributed by atoms with Gasteiger partial charge in [0.05, 0.1) is 6.07 Å². The van der Waals surface area contributed by atoms with Gasteiger partial charge >= 0.3 is 0 Å². The van der Waals surface area contributed by atoms with Gasteiger partial charge in [-0.1, -0.05) is 49.6 Å². The zero-order chi connectivity index (χ0) is 15.8. The molecule has 0 heterocycles. The van der Waals surface area contributed by atoms with Gasteiger partial charge in [-0.2, -0.15) is 5.26 Å². The summed E-state index contributed by atoms with van der Waals surface area (Å²) in [5, 5.41) is 12.0. The highest BCUT2D eigenvalue weighted by atomic mass is 16.2.